The summed E-state index contributed by atoms with van der Waals surface area (Å²) in [4.78, 5) is 32.3. The van der Waals surface area contributed by atoms with Crippen molar-refractivity contribution in [3.8, 4) is 5.75 Å². The van der Waals surface area contributed by atoms with Crippen LogP contribution in [0.1, 0.15) is 19.3 Å². The molecule has 33 heavy (non-hydrogen) atoms. The van der Waals surface area contributed by atoms with Gasteiger partial charge in [-0.2, -0.15) is 5.10 Å². The summed E-state index contributed by atoms with van der Waals surface area (Å²) in [7, 11) is 2.08. The van der Waals surface area contributed by atoms with Crippen LogP contribution in [0.4, 0.5) is 0 Å². The first-order valence-corrected chi connectivity index (χ1v) is 11.9. The van der Waals surface area contributed by atoms with Gasteiger partial charge in [0.15, 0.2) is 0 Å². The van der Waals surface area contributed by atoms with Crippen molar-refractivity contribution in [2.75, 3.05) is 52.9 Å². The maximum Gasteiger partial charge on any atom is 0.244 e. The smallest absolute Gasteiger partial charge is 0.244 e. The first-order chi connectivity index (χ1) is 15.9. The lowest BCUT2D eigenvalue weighted by molar-refractivity contribution is -0.142. The summed E-state index contributed by atoms with van der Waals surface area (Å²) < 4.78 is 7.79. The number of aromatic nitrogens is 2. The van der Waals surface area contributed by atoms with Crippen LogP contribution in [-0.2, 0) is 16.1 Å². The summed E-state index contributed by atoms with van der Waals surface area (Å²) >= 11 is 6.13. The van der Waals surface area contributed by atoms with Crippen LogP contribution in [0.15, 0.2) is 42.7 Å². The molecule has 178 valence electrons. The zero-order valence-electron chi connectivity index (χ0n) is 19.2. The topological polar surface area (TPSA) is 70.9 Å². The minimum Gasteiger partial charge on any atom is -0.493 e. The Kier molecular flexibility index (Phi) is 7.55. The number of hydrogen-bond acceptors (Lipinski definition) is 5. The highest BCUT2D eigenvalue weighted by molar-refractivity contribution is 6.30. The molecule has 0 radical (unpaired) electrons. The fourth-order valence-electron chi connectivity index (χ4n) is 4.65. The van der Waals surface area contributed by atoms with Gasteiger partial charge in [0, 0.05) is 68.5 Å². The van der Waals surface area contributed by atoms with Gasteiger partial charge in [-0.25, -0.2) is 0 Å². The summed E-state index contributed by atoms with van der Waals surface area (Å²) in [6.45, 7) is 4.97. The molecule has 0 aliphatic carbocycles. The quantitative estimate of drug-likeness (QED) is 0.617. The van der Waals surface area contributed by atoms with Crippen LogP contribution in [0, 0.1) is 5.41 Å². The van der Waals surface area contributed by atoms with E-state index in [0.29, 0.717) is 36.9 Å². The van der Waals surface area contributed by atoms with Gasteiger partial charge in [-0.15, -0.1) is 0 Å². The molecule has 1 aromatic heterocycles. The van der Waals surface area contributed by atoms with Crippen LogP contribution in [-0.4, -0.2) is 89.2 Å². The van der Waals surface area contributed by atoms with Crippen LogP contribution >= 0.6 is 11.6 Å². The molecule has 0 unspecified atom stereocenters. The number of rotatable bonds is 7. The largest absolute Gasteiger partial charge is 0.493 e. The molecule has 0 bridgehead atoms. The van der Waals surface area contributed by atoms with Crippen LogP contribution in [0.3, 0.4) is 0 Å². The van der Waals surface area contributed by atoms with Crippen LogP contribution in [0.5, 0.6) is 5.75 Å². The predicted molar refractivity (Wildman–Crippen MR) is 126 cm³/mol. The van der Waals surface area contributed by atoms with E-state index in [0.717, 1.165) is 39.0 Å². The van der Waals surface area contributed by atoms with E-state index in [9.17, 15) is 9.59 Å². The summed E-state index contributed by atoms with van der Waals surface area (Å²) in [5, 5.41) is 4.76. The molecular weight excluding hydrogens is 442 g/mol. The van der Waals surface area contributed by atoms with Crippen LogP contribution in [0.2, 0.25) is 5.02 Å². The minimum atomic E-state index is -0.444. The van der Waals surface area contributed by atoms with E-state index in [2.05, 4.69) is 17.0 Å². The summed E-state index contributed by atoms with van der Waals surface area (Å²) in [5.74, 6) is 0.825. The highest BCUT2D eigenvalue weighted by atomic mass is 35.5. The number of carbonyl (C=O) groups excluding carboxylic acids is 2. The van der Waals surface area contributed by atoms with E-state index in [-0.39, 0.29) is 18.4 Å². The Morgan fingerprint density at radius 3 is 2.64 bits per heavy atom. The lowest BCUT2D eigenvalue weighted by Crippen LogP contribution is -2.53. The Hall–Kier alpha value is -2.58. The zero-order chi connectivity index (χ0) is 23.3. The number of hydrogen-bond donors (Lipinski definition) is 0. The lowest BCUT2D eigenvalue weighted by Gasteiger charge is -2.43. The molecule has 2 aliphatic rings. The fourth-order valence-corrected chi connectivity index (χ4v) is 4.83. The van der Waals surface area contributed by atoms with E-state index < -0.39 is 5.41 Å². The third kappa shape index (κ3) is 6.26. The number of carbonyl (C=O) groups is 2. The van der Waals surface area contributed by atoms with Gasteiger partial charge in [-0.1, -0.05) is 17.7 Å². The number of piperazine rings is 1. The van der Waals surface area contributed by atoms with Crippen molar-refractivity contribution in [2.24, 2.45) is 5.41 Å². The second-order valence-corrected chi connectivity index (χ2v) is 9.67. The van der Waals surface area contributed by atoms with Crippen LogP contribution < -0.4 is 4.74 Å². The summed E-state index contributed by atoms with van der Waals surface area (Å²) in [6, 6.07) is 9.10. The molecule has 9 heteroatoms. The molecule has 1 atom stereocenters. The van der Waals surface area contributed by atoms with Crippen molar-refractivity contribution in [3.63, 3.8) is 0 Å². The number of piperidine rings is 1. The molecule has 2 amide bonds. The molecule has 0 N–H and O–H groups in total. The molecule has 0 saturated carbocycles. The van der Waals surface area contributed by atoms with Crippen LogP contribution in [0.25, 0.3) is 0 Å². The van der Waals surface area contributed by atoms with Crippen molar-refractivity contribution < 1.29 is 14.3 Å². The minimum absolute atomic E-state index is 0.0116. The first-order valence-electron chi connectivity index (χ1n) is 11.5. The standard InChI is InChI=1S/C24H32ClN5O3/c1-27-11-13-28(14-12-27)22(31)16-24(19-33-21-6-2-5-20(25)15-21)7-3-9-29(18-24)23(32)17-30-10-4-8-26-30/h2,4-6,8,10,15H,3,7,9,11-14,16-19H2,1H3/t24-/m0/s1. The molecule has 2 aromatic rings. The zero-order valence-corrected chi connectivity index (χ0v) is 19.9. The number of likely N-dealkylation sites (tertiary alicyclic amines) is 1. The van der Waals surface area contributed by atoms with E-state index in [1.807, 2.05) is 21.9 Å². The summed E-state index contributed by atoms with van der Waals surface area (Å²) in [6.07, 6.45) is 5.48. The van der Waals surface area contributed by atoms with E-state index in [1.165, 1.54) is 0 Å². The average molecular weight is 474 g/mol. The van der Waals surface area contributed by atoms with Gasteiger partial charge in [0.25, 0.3) is 0 Å². The Morgan fingerprint density at radius 1 is 1.09 bits per heavy atom. The number of amides is 2. The molecule has 2 fully saturated rings. The normalized spacial score (nSPS) is 21.8. The monoisotopic (exact) mass is 473 g/mol. The second kappa shape index (κ2) is 10.6. The predicted octanol–water partition coefficient (Wildman–Crippen LogP) is 2.39. The van der Waals surface area contributed by atoms with Gasteiger partial charge in [-0.05, 0) is 44.2 Å². The lowest BCUT2D eigenvalue weighted by atomic mass is 9.77. The Labute approximate surface area is 200 Å². The van der Waals surface area contributed by atoms with Crippen molar-refractivity contribution in [1.82, 2.24) is 24.5 Å². The fraction of sp³-hybridized carbons (Fsp3) is 0.542. The van der Waals surface area contributed by atoms with E-state index >= 15 is 0 Å². The molecule has 1 aromatic carbocycles. The van der Waals surface area contributed by atoms with Gasteiger partial charge >= 0.3 is 0 Å². The number of halogens is 1. The number of benzene rings is 1. The maximum atomic E-state index is 13.3. The SMILES string of the molecule is CN1CCN(C(=O)C[C@@]2(COc3cccc(Cl)c3)CCCN(C(=O)Cn3cccn3)C2)CC1. The average Bonchev–Trinajstić information content (AvgIpc) is 3.31. The van der Waals surface area contributed by atoms with Crippen molar-refractivity contribution in [2.45, 2.75) is 25.8 Å². The molecule has 2 saturated heterocycles. The molecule has 2 aliphatic heterocycles. The van der Waals surface area contributed by atoms with E-state index in [4.69, 9.17) is 16.3 Å². The van der Waals surface area contributed by atoms with E-state index in [1.54, 1.807) is 35.3 Å². The second-order valence-electron chi connectivity index (χ2n) is 9.23. The maximum absolute atomic E-state index is 13.3. The van der Waals surface area contributed by atoms with Crippen molar-refractivity contribution in [1.29, 1.82) is 0 Å². The van der Waals surface area contributed by atoms with Gasteiger partial charge in [0.05, 0.1) is 6.61 Å². The first kappa shape index (κ1) is 23.6. The highest BCUT2D eigenvalue weighted by Crippen LogP contribution is 2.36. The Bertz CT molecular complexity index is 945. The van der Waals surface area contributed by atoms with Gasteiger partial charge in [0.1, 0.15) is 12.3 Å². The molecule has 0 spiro atoms. The van der Waals surface area contributed by atoms with Crippen molar-refractivity contribution >= 4 is 23.4 Å². The summed E-state index contributed by atoms with van der Waals surface area (Å²) in [5.41, 5.74) is -0.444. The molecule has 8 nitrogen and oxygen atoms in total. The molecule has 4 rings (SSSR count). The third-order valence-electron chi connectivity index (χ3n) is 6.59. The number of nitrogens with zero attached hydrogens (tertiary/aromatic N) is 5. The highest BCUT2D eigenvalue weighted by Gasteiger charge is 2.41. The third-order valence-corrected chi connectivity index (χ3v) is 6.83. The Balaban J connectivity index is 1.48. The van der Waals surface area contributed by atoms with Gasteiger partial charge in [-0.3, -0.25) is 14.3 Å². The molecular formula is C24H32ClN5O3. The number of ether oxygens (including phenoxy) is 1. The number of likely N-dealkylation sites (N-methyl/N-ethyl adjacent to an activating group) is 1. The van der Waals surface area contributed by atoms with Gasteiger partial charge in [0.2, 0.25) is 11.8 Å². The molecule has 3 heterocycles. The van der Waals surface area contributed by atoms with Crippen molar-refractivity contribution in [3.05, 3.63) is 47.7 Å². The van der Waals surface area contributed by atoms with Gasteiger partial charge < -0.3 is 19.4 Å². The Morgan fingerprint density at radius 2 is 1.91 bits per heavy atom.